The van der Waals surface area contributed by atoms with Crippen LogP contribution in [0.1, 0.15) is 21.9 Å². The van der Waals surface area contributed by atoms with E-state index >= 15 is 0 Å². The molecule has 13 heteroatoms. The molecule has 0 saturated carbocycles. The summed E-state index contributed by atoms with van der Waals surface area (Å²) in [5, 5.41) is 4.06. The molecule has 238 valence electrons. The van der Waals surface area contributed by atoms with Crippen molar-refractivity contribution in [1.29, 1.82) is 0 Å². The van der Waals surface area contributed by atoms with Crippen LogP contribution in [0.2, 0.25) is 0 Å². The van der Waals surface area contributed by atoms with E-state index in [1.165, 1.54) is 17.7 Å². The van der Waals surface area contributed by atoms with Gasteiger partial charge in [0.2, 0.25) is 17.7 Å². The number of aromatic nitrogens is 1. The molecule has 1 fully saturated rings. The van der Waals surface area contributed by atoms with E-state index in [2.05, 4.69) is 5.32 Å². The van der Waals surface area contributed by atoms with Crippen LogP contribution in [0.3, 0.4) is 0 Å². The number of thioether (sulfide) groups is 1. The van der Waals surface area contributed by atoms with Crippen LogP contribution in [0.25, 0.3) is 10.8 Å². The van der Waals surface area contributed by atoms with Crippen molar-refractivity contribution in [3.63, 3.8) is 0 Å². The van der Waals surface area contributed by atoms with Gasteiger partial charge in [0, 0.05) is 16.5 Å². The van der Waals surface area contributed by atoms with Crippen molar-refractivity contribution in [2.75, 3.05) is 17.3 Å². The average Bonchev–Trinajstić information content (AvgIpc) is 3.50. The summed E-state index contributed by atoms with van der Waals surface area (Å²) in [4.78, 5) is 55.5. The number of benzene rings is 4. The number of imide groups is 1. The molecule has 3 atom stereocenters. The number of alkyl halides is 3. The fraction of sp³-hybridized carbons (Fsp3) is 0.176. The van der Waals surface area contributed by atoms with E-state index in [0.717, 1.165) is 57.0 Å². The summed E-state index contributed by atoms with van der Waals surface area (Å²) >= 11 is 1.87. The van der Waals surface area contributed by atoms with Gasteiger partial charge in [-0.15, -0.1) is 0 Å². The maximum absolute atomic E-state index is 14.0. The number of carbonyl (C=O) groups excluding carboxylic acids is 3. The smallest absolute Gasteiger partial charge is 0.416 e. The first-order chi connectivity index (χ1) is 22.5. The van der Waals surface area contributed by atoms with Crippen LogP contribution in [0.5, 0.6) is 5.75 Å². The molecule has 0 unspecified atom stereocenters. The average molecular weight is 676 g/mol. The number of nitrogens with one attached hydrogen (secondary N) is 1. The van der Waals surface area contributed by atoms with E-state index in [1.54, 1.807) is 30.3 Å². The van der Waals surface area contributed by atoms with Gasteiger partial charge in [-0.2, -0.15) is 13.2 Å². The van der Waals surface area contributed by atoms with Gasteiger partial charge in [0.1, 0.15) is 17.5 Å². The first kappa shape index (κ1) is 30.8. The molecular weight excluding hydrogens is 652 g/mol. The number of hydrogen-bond acceptors (Lipinski definition) is 7. The van der Waals surface area contributed by atoms with Crippen LogP contribution in [-0.2, 0) is 27.1 Å². The highest BCUT2D eigenvalue weighted by atomic mass is 32.2. The van der Waals surface area contributed by atoms with Crippen molar-refractivity contribution in [2.45, 2.75) is 28.9 Å². The van der Waals surface area contributed by atoms with Gasteiger partial charge < -0.3 is 10.1 Å². The number of nitrogens with zero attached hydrogens (tertiary/aromatic N) is 2. The molecule has 5 aromatic rings. The Hall–Kier alpha value is -4.88. The third kappa shape index (κ3) is 5.48. The van der Waals surface area contributed by atoms with Gasteiger partial charge in [-0.1, -0.05) is 71.6 Å². The minimum Gasteiger partial charge on any atom is -0.497 e. The molecule has 2 aliphatic rings. The van der Waals surface area contributed by atoms with Crippen LogP contribution in [0.15, 0.2) is 101 Å². The monoisotopic (exact) mass is 675 g/mol. The largest absolute Gasteiger partial charge is 0.497 e. The standard InChI is InChI=1S/C34H24F3N3O5S2/c1-45-24-13-10-19(11-14-24)26-27-28(31(43)40(30(27)42)23-8-4-7-21(16-23)34(35,36)37)46-32-29(26)47-33(44)39(32)17-25(41)38-22-12-9-18-5-2-3-6-20(18)15-22/h2-16,26-28H,17H2,1H3,(H,38,41)/t26-,27-,28+/m0/s1. The predicted molar refractivity (Wildman–Crippen MR) is 173 cm³/mol. The zero-order valence-corrected chi connectivity index (χ0v) is 26.1. The predicted octanol–water partition coefficient (Wildman–Crippen LogP) is 6.52. The molecule has 1 aromatic heterocycles. The number of ether oxygens (including phenoxy) is 1. The second kappa shape index (κ2) is 11.7. The number of rotatable bonds is 6. The molecule has 0 spiro atoms. The Labute approximate surface area is 273 Å². The van der Waals surface area contributed by atoms with Crippen molar-refractivity contribution in [1.82, 2.24) is 4.57 Å². The Kier molecular flexibility index (Phi) is 7.68. The highest BCUT2D eigenvalue weighted by Crippen LogP contribution is 2.54. The van der Waals surface area contributed by atoms with E-state index in [9.17, 15) is 32.3 Å². The number of hydrogen-bond donors (Lipinski definition) is 1. The molecule has 1 saturated heterocycles. The molecule has 1 N–H and O–H groups in total. The van der Waals surface area contributed by atoms with E-state index in [0.29, 0.717) is 26.9 Å². The number of amides is 3. The van der Waals surface area contributed by atoms with Crippen molar-refractivity contribution in [2.24, 2.45) is 5.92 Å². The molecule has 7 rings (SSSR count). The van der Waals surface area contributed by atoms with Gasteiger partial charge in [0.25, 0.3) is 0 Å². The summed E-state index contributed by atoms with van der Waals surface area (Å²) in [6, 6.07) is 24.0. The number of fused-ring (bicyclic) bond motifs is 3. The number of carbonyl (C=O) groups is 3. The van der Waals surface area contributed by atoms with Gasteiger partial charge in [-0.25, -0.2) is 4.90 Å². The van der Waals surface area contributed by atoms with Gasteiger partial charge in [0.15, 0.2) is 0 Å². The van der Waals surface area contributed by atoms with E-state index in [-0.39, 0.29) is 12.2 Å². The molecule has 3 amide bonds. The zero-order chi connectivity index (χ0) is 33.0. The molecule has 8 nitrogen and oxygen atoms in total. The Balaban J connectivity index is 1.26. The second-order valence-corrected chi connectivity index (χ2v) is 13.2. The van der Waals surface area contributed by atoms with Gasteiger partial charge >= 0.3 is 11.0 Å². The first-order valence-corrected chi connectivity index (χ1v) is 16.1. The highest BCUT2D eigenvalue weighted by Gasteiger charge is 2.57. The lowest BCUT2D eigenvalue weighted by molar-refractivity contribution is -0.137. The Morgan fingerprint density at radius 1 is 0.894 bits per heavy atom. The van der Waals surface area contributed by atoms with E-state index in [4.69, 9.17) is 4.74 Å². The minimum atomic E-state index is -4.68. The molecule has 0 aliphatic carbocycles. The number of halogens is 3. The maximum Gasteiger partial charge on any atom is 0.416 e. The van der Waals surface area contributed by atoms with Crippen molar-refractivity contribution in [3.8, 4) is 5.75 Å². The lowest BCUT2D eigenvalue weighted by Gasteiger charge is -2.30. The molecule has 47 heavy (non-hydrogen) atoms. The second-order valence-electron chi connectivity index (χ2n) is 11.1. The van der Waals surface area contributed by atoms with Crippen LogP contribution >= 0.6 is 23.1 Å². The summed E-state index contributed by atoms with van der Waals surface area (Å²) in [6.45, 7) is -0.351. The van der Waals surface area contributed by atoms with Gasteiger partial charge in [0.05, 0.1) is 29.3 Å². The molecular formula is C34H24F3N3O5S2. The molecule has 0 bridgehead atoms. The Bertz CT molecular complexity index is 2130. The topological polar surface area (TPSA) is 97.7 Å². The summed E-state index contributed by atoms with van der Waals surface area (Å²) < 4.78 is 47.2. The zero-order valence-electron chi connectivity index (χ0n) is 24.5. The van der Waals surface area contributed by atoms with Crippen LogP contribution in [-0.4, -0.2) is 34.6 Å². The number of methoxy groups -OCH3 is 1. The number of thiazole rings is 1. The van der Waals surface area contributed by atoms with E-state index in [1.807, 2.05) is 36.4 Å². The summed E-state index contributed by atoms with van der Waals surface area (Å²) in [6.07, 6.45) is -4.68. The van der Waals surface area contributed by atoms with Crippen LogP contribution in [0, 0.1) is 5.92 Å². The minimum absolute atomic E-state index is 0.186. The lowest BCUT2D eigenvalue weighted by Crippen LogP contribution is -2.33. The molecule has 4 aromatic carbocycles. The van der Waals surface area contributed by atoms with Gasteiger partial charge in [-0.3, -0.25) is 23.7 Å². The third-order valence-electron chi connectivity index (χ3n) is 8.29. The number of anilines is 2. The van der Waals surface area contributed by atoms with E-state index < -0.39 is 51.4 Å². The Morgan fingerprint density at radius 3 is 2.36 bits per heavy atom. The fourth-order valence-corrected chi connectivity index (χ4v) is 8.89. The summed E-state index contributed by atoms with van der Waals surface area (Å²) in [5.41, 5.74) is -0.0182. The van der Waals surface area contributed by atoms with Crippen molar-refractivity contribution < 1.29 is 32.3 Å². The lowest BCUT2D eigenvalue weighted by atomic mass is 9.83. The summed E-state index contributed by atoms with van der Waals surface area (Å²) in [7, 11) is 1.50. The summed E-state index contributed by atoms with van der Waals surface area (Å²) in [5.74, 6) is -3.07. The molecule has 3 heterocycles. The Morgan fingerprint density at radius 2 is 1.64 bits per heavy atom. The van der Waals surface area contributed by atoms with Gasteiger partial charge in [-0.05, 0) is 58.8 Å². The highest BCUT2D eigenvalue weighted by molar-refractivity contribution is 8.00. The molecule has 2 aliphatic heterocycles. The SMILES string of the molecule is COc1ccc([C@@H]2c3sc(=O)n(CC(=O)Nc4ccc5ccccc5c4)c3S[C@H]3C(=O)N(c4cccc(C(F)(F)F)c4)C(=O)[C@@H]23)cc1. The maximum atomic E-state index is 14.0. The third-order valence-corrected chi connectivity index (χ3v) is 10.9. The molecule has 0 radical (unpaired) electrons. The first-order valence-electron chi connectivity index (χ1n) is 14.4. The quantitative estimate of drug-likeness (QED) is 0.206. The van der Waals surface area contributed by atoms with Crippen molar-refractivity contribution >= 4 is 63.0 Å². The van der Waals surface area contributed by atoms with Crippen LogP contribution in [0.4, 0.5) is 24.5 Å². The fourth-order valence-electron chi connectivity index (χ4n) is 6.11. The normalized spacial score (nSPS) is 19.1. The van der Waals surface area contributed by atoms with Crippen molar-refractivity contribution in [3.05, 3.63) is 117 Å². The van der Waals surface area contributed by atoms with Crippen LogP contribution < -0.4 is 19.8 Å².